The molecule has 0 fully saturated rings. The number of carbonyl (C=O) groups is 1. The van der Waals surface area contributed by atoms with Crippen molar-refractivity contribution in [3.8, 4) is 5.75 Å². The fourth-order valence-electron chi connectivity index (χ4n) is 2.49. The summed E-state index contributed by atoms with van der Waals surface area (Å²) in [5, 5.41) is 6.87. The standard InChI is InChI=1S/C20H21N3O3/c1-13(2)20-22-18(23-26-20)12-14-8-10-15(11-9-14)21-19(24)16-6-4-5-7-17(16)25-3/h4-11,13H,12H2,1-3H3,(H,21,24). The molecule has 1 aromatic heterocycles. The molecule has 0 bridgehead atoms. The molecule has 0 aliphatic carbocycles. The minimum absolute atomic E-state index is 0.212. The Kier molecular flexibility index (Phi) is 5.31. The van der Waals surface area contributed by atoms with Gasteiger partial charge in [0.2, 0.25) is 5.89 Å². The normalized spacial score (nSPS) is 10.8. The predicted molar refractivity (Wildman–Crippen MR) is 98.6 cm³/mol. The number of rotatable bonds is 6. The molecule has 1 amide bonds. The molecule has 0 saturated heterocycles. The zero-order valence-electron chi connectivity index (χ0n) is 15.0. The minimum Gasteiger partial charge on any atom is -0.496 e. The molecule has 0 atom stereocenters. The van der Waals surface area contributed by atoms with Gasteiger partial charge in [0.1, 0.15) is 5.75 Å². The van der Waals surface area contributed by atoms with E-state index < -0.39 is 0 Å². The van der Waals surface area contributed by atoms with Crippen LogP contribution in [0.2, 0.25) is 0 Å². The molecule has 6 nitrogen and oxygen atoms in total. The average Bonchev–Trinajstić information content (AvgIpc) is 3.12. The third kappa shape index (κ3) is 4.08. The number of hydrogen-bond acceptors (Lipinski definition) is 5. The Bertz CT molecular complexity index is 885. The lowest BCUT2D eigenvalue weighted by Gasteiger charge is -2.09. The maximum Gasteiger partial charge on any atom is 0.259 e. The molecule has 6 heteroatoms. The van der Waals surface area contributed by atoms with Gasteiger partial charge in [-0.25, -0.2) is 0 Å². The number of carbonyl (C=O) groups excluding carboxylic acids is 1. The van der Waals surface area contributed by atoms with Crippen molar-refractivity contribution in [2.45, 2.75) is 26.2 Å². The van der Waals surface area contributed by atoms with E-state index in [2.05, 4.69) is 15.5 Å². The fourth-order valence-corrected chi connectivity index (χ4v) is 2.49. The lowest BCUT2D eigenvalue weighted by atomic mass is 10.1. The highest BCUT2D eigenvalue weighted by molar-refractivity contribution is 6.06. The Morgan fingerprint density at radius 2 is 1.88 bits per heavy atom. The number of para-hydroxylation sites is 1. The van der Waals surface area contributed by atoms with Crippen molar-refractivity contribution < 1.29 is 14.1 Å². The van der Waals surface area contributed by atoms with Gasteiger partial charge in [-0.1, -0.05) is 43.3 Å². The van der Waals surface area contributed by atoms with E-state index in [4.69, 9.17) is 9.26 Å². The zero-order valence-corrected chi connectivity index (χ0v) is 15.0. The van der Waals surface area contributed by atoms with Crippen LogP contribution in [0.4, 0.5) is 5.69 Å². The van der Waals surface area contributed by atoms with Gasteiger partial charge in [-0.15, -0.1) is 0 Å². The number of methoxy groups -OCH3 is 1. The highest BCUT2D eigenvalue weighted by Crippen LogP contribution is 2.20. The van der Waals surface area contributed by atoms with E-state index in [1.807, 2.05) is 44.2 Å². The molecule has 0 unspecified atom stereocenters. The summed E-state index contributed by atoms with van der Waals surface area (Å²) >= 11 is 0. The van der Waals surface area contributed by atoms with Crippen molar-refractivity contribution in [3.05, 3.63) is 71.4 Å². The van der Waals surface area contributed by atoms with E-state index in [0.717, 1.165) is 5.56 Å². The second-order valence-corrected chi connectivity index (χ2v) is 6.23. The van der Waals surface area contributed by atoms with E-state index in [-0.39, 0.29) is 11.8 Å². The lowest BCUT2D eigenvalue weighted by Crippen LogP contribution is -2.13. The van der Waals surface area contributed by atoms with Crippen LogP contribution in [0.25, 0.3) is 0 Å². The van der Waals surface area contributed by atoms with Crippen LogP contribution >= 0.6 is 0 Å². The van der Waals surface area contributed by atoms with Crippen LogP contribution in [0.15, 0.2) is 53.1 Å². The quantitative estimate of drug-likeness (QED) is 0.725. The summed E-state index contributed by atoms with van der Waals surface area (Å²) in [5.41, 5.74) is 2.24. The van der Waals surface area contributed by atoms with Gasteiger partial charge in [0.15, 0.2) is 5.82 Å². The van der Waals surface area contributed by atoms with E-state index in [0.29, 0.717) is 35.1 Å². The smallest absolute Gasteiger partial charge is 0.259 e. The zero-order chi connectivity index (χ0) is 18.5. The van der Waals surface area contributed by atoms with Crippen LogP contribution in [-0.4, -0.2) is 23.2 Å². The van der Waals surface area contributed by atoms with E-state index >= 15 is 0 Å². The number of nitrogens with one attached hydrogen (secondary N) is 1. The van der Waals surface area contributed by atoms with Crippen LogP contribution < -0.4 is 10.1 Å². The highest BCUT2D eigenvalue weighted by atomic mass is 16.5. The maximum atomic E-state index is 12.4. The first-order valence-corrected chi connectivity index (χ1v) is 8.42. The third-order valence-electron chi connectivity index (χ3n) is 3.90. The van der Waals surface area contributed by atoms with Gasteiger partial charge in [-0.2, -0.15) is 4.98 Å². The molecular weight excluding hydrogens is 330 g/mol. The lowest BCUT2D eigenvalue weighted by molar-refractivity contribution is 0.102. The van der Waals surface area contributed by atoms with Crippen molar-refractivity contribution in [2.75, 3.05) is 12.4 Å². The van der Waals surface area contributed by atoms with Crippen LogP contribution in [-0.2, 0) is 6.42 Å². The Labute approximate surface area is 152 Å². The summed E-state index contributed by atoms with van der Waals surface area (Å²) in [6, 6.07) is 14.7. The Hall–Kier alpha value is -3.15. The number of benzene rings is 2. The number of amides is 1. The number of ether oxygens (including phenoxy) is 1. The molecule has 134 valence electrons. The summed E-state index contributed by atoms with van der Waals surface area (Å²) in [5.74, 6) is 1.83. The summed E-state index contributed by atoms with van der Waals surface area (Å²) in [7, 11) is 1.55. The second-order valence-electron chi connectivity index (χ2n) is 6.23. The van der Waals surface area contributed by atoms with Crippen molar-refractivity contribution in [1.29, 1.82) is 0 Å². The van der Waals surface area contributed by atoms with Gasteiger partial charge in [-0.3, -0.25) is 4.79 Å². The molecule has 2 aromatic carbocycles. The molecule has 1 N–H and O–H groups in total. The number of nitrogens with zero attached hydrogens (tertiary/aromatic N) is 2. The van der Waals surface area contributed by atoms with Crippen LogP contribution in [0, 0.1) is 0 Å². The van der Waals surface area contributed by atoms with Crippen molar-refractivity contribution >= 4 is 11.6 Å². The Balaban J connectivity index is 1.66. The number of hydrogen-bond donors (Lipinski definition) is 1. The van der Waals surface area contributed by atoms with Gasteiger partial charge in [0.05, 0.1) is 12.7 Å². The molecule has 3 aromatic rings. The first-order valence-electron chi connectivity index (χ1n) is 8.42. The Morgan fingerprint density at radius 1 is 1.15 bits per heavy atom. The summed E-state index contributed by atoms with van der Waals surface area (Å²) in [4.78, 5) is 16.8. The molecule has 0 saturated carbocycles. The van der Waals surface area contributed by atoms with Crippen molar-refractivity contribution in [2.24, 2.45) is 0 Å². The molecule has 0 radical (unpaired) electrons. The first kappa shape index (κ1) is 17.7. The van der Waals surface area contributed by atoms with Gasteiger partial charge in [0.25, 0.3) is 5.91 Å². The fraction of sp³-hybridized carbons (Fsp3) is 0.250. The third-order valence-corrected chi connectivity index (χ3v) is 3.90. The molecule has 26 heavy (non-hydrogen) atoms. The van der Waals surface area contributed by atoms with E-state index in [9.17, 15) is 4.79 Å². The molecule has 3 rings (SSSR count). The van der Waals surface area contributed by atoms with Crippen LogP contribution in [0.1, 0.15) is 47.4 Å². The highest BCUT2D eigenvalue weighted by Gasteiger charge is 2.12. The van der Waals surface area contributed by atoms with Crippen LogP contribution in [0.5, 0.6) is 5.75 Å². The average molecular weight is 351 g/mol. The largest absolute Gasteiger partial charge is 0.496 e. The summed E-state index contributed by atoms with van der Waals surface area (Å²) < 4.78 is 10.4. The SMILES string of the molecule is COc1ccccc1C(=O)Nc1ccc(Cc2noc(C(C)C)n2)cc1. The van der Waals surface area contributed by atoms with Gasteiger partial charge in [0, 0.05) is 18.0 Å². The monoisotopic (exact) mass is 351 g/mol. The molecular formula is C20H21N3O3. The molecule has 0 aliphatic heterocycles. The number of aromatic nitrogens is 2. The van der Waals surface area contributed by atoms with Gasteiger partial charge >= 0.3 is 0 Å². The topological polar surface area (TPSA) is 77.2 Å². The van der Waals surface area contributed by atoms with E-state index in [1.54, 1.807) is 25.3 Å². The summed E-state index contributed by atoms with van der Waals surface area (Å²) in [6.45, 7) is 4.02. The molecule has 1 heterocycles. The number of anilines is 1. The predicted octanol–water partition coefficient (Wildman–Crippen LogP) is 4.04. The van der Waals surface area contributed by atoms with Crippen molar-refractivity contribution in [1.82, 2.24) is 10.1 Å². The molecule has 0 aliphatic rings. The van der Waals surface area contributed by atoms with Gasteiger partial charge < -0.3 is 14.6 Å². The van der Waals surface area contributed by atoms with E-state index in [1.165, 1.54) is 0 Å². The van der Waals surface area contributed by atoms with Gasteiger partial charge in [-0.05, 0) is 29.8 Å². The second kappa shape index (κ2) is 7.82. The minimum atomic E-state index is -0.213. The van der Waals surface area contributed by atoms with Crippen LogP contribution in [0.3, 0.4) is 0 Å². The van der Waals surface area contributed by atoms with Crippen molar-refractivity contribution in [3.63, 3.8) is 0 Å². The Morgan fingerprint density at radius 3 is 2.54 bits per heavy atom. The maximum absolute atomic E-state index is 12.4. The summed E-state index contributed by atoms with van der Waals surface area (Å²) in [6.07, 6.45) is 0.580. The molecule has 0 spiro atoms. The first-order chi connectivity index (χ1) is 12.6.